The van der Waals surface area contributed by atoms with E-state index in [1.54, 1.807) is 6.08 Å². The number of aliphatic carboxylic acids is 2. The van der Waals surface area contributed by atoms with Crippen LogP contribution in [0.3, 0.4) is 0 Å². The Morgan fingerprint density at radius 2 is 1.52 bits per heavy atom. The van der Waals surface area contributed by atoms with Crippen LogP contribution in [-0.2, 0) is 14.4 Å². The van der Waals surface area contributed by atoms with Gasteiger partial charge < -0.3 is 20.4 Å². The van der Waals surface area contributed by atoms with Gasteiger partial charge in [0.1, 0.15) is 5.78 Å². The summed E-state index contributed by atoms with van der Waals surface area (Å²) in [5, 5.41) is 37.1. The Morgan fingerprint density at radius 3 is 2.13 bits per heavy atom. The van der Waals surface area contributed by atoms with Crippen LogP contribution in [0.4, 0.5) is 0 Å². The quantitative estimate of drug-likeness (QED) is 0.439. The predicted molar refractivity (Wildman–Crippen MR) is 80.7 cm³/mol. The lowest BCUT2D eigenvalue weighted by Gasteiger charge is -2.22. The Balaban J connectivity index is 2.49. The van der Waals surface area contributed by atoms with Crippen LogP contribution in [0.5, 0.6) is 0 Å². The molecule has 4 atom stereocenters. The molecule has 0 saturated heterocycles. The first-order valence-electron chi connectivity index (χ1n) is 7.77. The zero-order chi connectivity index (χ0) is 17.4. The molecule has 1 aliphatic carbocycles. The van der Waals surface area contributed by atoms with E-state index in [0.717, 1.165) is 0 Å². The highest BCUT2D eigenvalue weighted by Crippen LogP contribution is 2.38. The van der Waals surface area contributed by atoms with Crippen LogP contribution in [0.25, 0.3) is 0 Å². The molecule has 1 saturated carbocycles. The maximum Gasteiger partial charge on any atom is 0.307 e. The van der Waals surface area contributed by atoms with Gasteiger partial charge in [0.05, 0.1) is 25.0 Å². The minimum atomic E-state index is -1.02. The van der Waals surface area contributed by atoms with Gasteiger partial charge >= 0.3 is 11.9 Å². The molecule has 4 unspecified atom stereocenters. The summed E-state index contributed by atoms with van der Waals surface area (Å²) in [5.41, 5.74) is 0. The molecule has 23 heavy (non-hydrogen) atoms. The Morgan fingerprint density at radius 1 is 0.870 bits per heavy atom. The van der Waals surface area contributed by atoms with E-state index in [1.165, 1.54) is 6.08 Å². The van der Waals surface area contributed by atoms with Crippen molar-refractivity contribution in [2.45, 2.75) is 57.2 Å². The highest BCUT2D eigenvalue weighted by molar-refractivity contribution is 5.82. The number of carboxylic acids is 2. The van der Waals surface area contributed by atoms with Gasteiger partial charge in [0.25, 0.3) is 0 Å². The highest BCUT2D eigenvalue weighted by atomic mass is 16.4. The summed E-state index contributed by atoms with van der Waals surface area (Å²) < 4.78 is 0. The molecule has 0 bridgehead atoms. The summed E-state index contributed by atoms with van der Waals surface area (Å²) in [6.07, 6.45) is 2.75. The van der Waals surface area contributed by atoms with Crippen LogP contribution in [0.1, 0.15) is 44.9 Å². The molecular weight excluding hydrogens is 304 g/mol. The van der Waals surface area contributed by atoms with Gasteiger partial charge in [0.2, 0.25) is 0 Å². The first-order chi connectivity index (χ1) is 10.8. The van der Waals surface area contributed by atoms with Crippen LogP contribution >= 0.6 is 0 Å². The minimum Gasteiger partial charge on any atom is -0.481 e. The Labute approximate surface area is 134 Å². The second kappa shape index (κ2) is 9.42. The number of aliphatic hydroxyl groups is 2. The molecule has 0 aliphatic heterocycles. The van der Waals surface area contributed by atoms with Crippen LogP contribution < -0.4 is 0 Å². The third kappa shape index (κ3) is 6.92. The smallest absolute Gasteiger partial charge is 0.307 e. The van der Waals surface area contributed by atoms with Gasteiger partial charge in [-0.15, -0.1) is 0 Å². The SMILES string of the molecule is O=C(O)CC=CCC1C(O)CC(O)C1CCC(=O)CCC(=O)O. The number of hydrogen-bond acceptors (Lipinski definition) is 5. The first-order valence-corrected chi connectivity index (χ1v) is 7.77. The molecule has 7 heteroatoms. The lowest BCUT2D eigenvalue weighted by molar-refractivity contribution is -0.138. The first kappa shape index (κ1) is 19.3. The number of hydrogen-bond donors (Lipinski definition) is 4. The molecule has 1 fully saturated rings. The maximum atomic E-state index is 11.6. The van der Waals surface area contributed by atoms with Crippen LogP contribution in [0.2, 0.25) is 0 Å². The standard InChI is InChI=1S/C16H24O7/c17-10(6-8-16(22)23)5-7-12-11(13(18)9-14(12)19)3-1-2-4-15(20)21/h1-2,11-14,18-19H,3-9H2,(H,20,21)(H,22,23). The van der Waals surface area contributed by atoms with Crippen molar-refractivity contribution < 1.29 is 34.8 Å². The molecule has 7 nitrogen and oxygen atoms in total. The van der Waals surface area contributed by atoms with E-state index in [0.29, 0.717) is 12.8 Å². The van der Waals surface area contributed by atoms with Crippen molar-refractivity contribution >= 4 is 17.7 Å². The molecule has 0 amide bonds. The molecule has 0 heterocycles. The van der Waals surface area contributed by atoms with Crippen molar-refractivity contribution in [2.24, 2.45) is 11.8 Å². The summed E-state index contributed by atoms with van der Waals surface area (Å²) >= 11 is 0. The summed E-state index contributed by atoms with van der Waals surface area (Å²) in [5.74, 6) is -2.58. The Bertz CT molecular complexity index is 457. The molecule has 4 N–H and O–H groups in total. The zero-order valence-electron chi connectivity index (χ0n) is 12.9. The molecule has 0 spiro atoms. The maximum absolute atomic E-state index is 11.6. The van der Waals surface area contributed by atoms with E-state index in [9.17, 15) is 24.6 Å². The van der Waals surface area contributed by atoms with Crippen molar-refractivity contribution in [1.29, 1.82) is 0 Å². The van der Waals surface area contributed by atoms with Crippen molar-refractivity contribution in [3.05, 3.63) is 12.2 Å². The number of allylic oxidation sites excluding steroid dienone is 1. The van der Waals surface area contributed by atoms with Crippen LogP contribution in [0, 0.1) is 11.8 Å². The topological polar surface area (TPSA) is 132 Å². The van der Waals surface area contributed by atoms with Crippen molar-refractivity contribution in [3.63, 3.8) is 0 Å². The number of carbonyl (C=O) groups is 3. The van der Waals surface area contributed by atoms with Gasteiger partial charge in [-0.1, -0.05) is 12.2 Å². The normalized spacial score (nSPS) is 27.4. The van der Waals surface area contributed by atoms with Gasteiger partial charge in [0, 0.05) is 12.8 Å². The van der Waals surface area contributed by atoms with Crippen molar-refractivity contribution in [3.8, 4) is 0 Å². The molecular formula is C16H24O7. The summed E-state index contributed by atoms with van der Waals surface area (Å²) in [4.78, 5) is 32.5. The number of Topliss-reactive ketones (excluding diaryl/α,β-unsaturated/α-hetero) is 1. The van der Waals surface area contributed by atoms with Gasteiger partial charge in [-0.3, -0.25) is 14.4 Å². The number of ketones is 1. The Kier molecular flexibility index (Phi) is 7.91. The molecule has 0 radical (unpaired) electrons. The summed E-state index contributed by atoms with van der Waals surface area (Å²) in [6, 6.07) is 0. The molecule has 130 valence electrons. The number of carboxylic acid groups (broad SMARTS) is 2. The second-order valence-electron chi connectivity index (χ2n) is 5.97. The fraction of sp³-hybridized carbons (Fsp3) is 0.688. The fourth-order valence-electron chi connectivity index (χ4n) is 3.04. The molecule has 0 aromatic carbocycles. The fourth-order valence-corrected chi connectivity index (χ4v) is 3.04. The average molecular weight is 328 g/mol. The van der Waals surface area contributed by atoms with E-state index in [4.69, 9.17) is 10.2 Å². The molecule has 0 aromatic heterocycles. The van der Waals surface area contributed by atoms with E-state index in [1.807, 2.05) is 0 Å². The lowest BCUT2D eigenvalue weighted by atomic mass is 9.86. The Hall–Kier alpha value is -1.73. The molecule has 1 rings (SSSR count). The van der Waals surface area contributed by atoms with E-state index < -0.39 is 24.1 Å². The molecule has 1 aliphatic rings. The third-order valence-electron chi connectivity index (χ3n) is 4.26. The van der Waals surface area contributed by atoms with E-state index >= 15 is 0 Å². The minimum absolute atomic E-state index is 0.0239. The second-order valence-corrected chi connectivity index (χ2v) is 5.97. The van der Waals surface area contributed by atoms with Crippen LogP contribution in [-0.4, -0.2) is 50.4 Å². The summed E-state index contributed by atoms with van der Waals surface area (Å²) in [7, 11) is 0. The predicted octanol–water partition coefficient (Wildman–Crippen LogP) is 0.979. The van der Waals surface area contributed by atoms with Gasteiger partial charge in [-0.05, 0) is 31.1 Å². The van der Waals surface area contributed by atoms with Crippen molar-refractivity contribution in [1.82, 2.24) is 0 Å². The average Bonchev–Trinajstić information content (AvgIpc) is 2.72. The largest absolute Gasteiger partial charge is 0.481 e. The highest BCUT2D eigenvalue weighted by Gasteiger charge is 2.40. The number of carbonyl (C=O) groups excluding carboxylic acids is 1. The molecule has 0 aromatic rings. The monoisotopic (exact) mass is 328 g/mol. The van der Waals surface area contributed by atoms with Crippen LogP contribution in [0.15, 0.2) is 12.2 Å². The zero-order valence-corrected chi connectivity index (χ0v) is 12.9. The lowest BCUT2D eigenvalue weighted by Crippen LogP contribution is -2.22. The van der Waals surface area contributed by atoms with Gasteiger partial charge in [-0.2, -0.15) is 0 Å². The van der Waals surface area contributed by atoms with E-state index in [-0.39, 0.29) is 49.7 Å². The summed E-state index contributed by atoms with van der Waals surface area (Å²) in [6.45, 7) is 0. The van der Waals surface area contributed by atoms with E-state index in [2.05, 4.69) is 0 Å². The number of rotatable bonds is 10. The third-order valence-corrected chi connectivity index (χ3v) is 4.26. The van der Waals surface area contributed by atoms with Crippen molar-refractivity contribution in [2.75, 3.05) is 0 Å². The van der Waals surface area contributed by atoms with Gasteiger partial charge in [-0.25, -0.2) is 0 Å². The van der Waals surface area contributed by atoms with Gasteiger partial charge in [0.15, 0.2) is 0 Å². The number of aliphatic hydroxyl groups excluding tert-OH is 2.